The van der Waals surface area contributed by atoms with Crippen molar-refractivity contribution in [1.82, 2.24) is 15.1 Å². The molecule has 0 bridgehead atoms. The van der Waals surface area contributed by atoms with Gasteiger partial charge in [0.15, 0.2) is 5.82 Å². The van der Waals surface area contributed by atoms with Crippen molar-refractivity contribution >= 4 is 0 Å². The molecule has 20 heavy (non-hydrogen) atoms. The second kappa shape index (κ2) is 5.63. The van der Waals surface area contributed by atoms with E-state index in [4.69, 9.17) is 10.3 Å². The van der Waals surface area contributed by atoms with Crippen molar-refractivity contribution < 1.29 is 4.52 Å². The van der Waals surface area contributed by atoms with Crippen LogP contribution >= 0.6 is 0 Å². The molecule has 0 saturated carbocycles. The molecule has 3 rings (SSSR count). The number of nitrogens with two attached hydrogens (primary N) is 1. The third-order valence-corrected chi connectivity index (χ3v) is 2.95. The van der Waals surface area contributed by atoms with Crippen molar-refractivity contribution in [1.29, 1.82) is 0 Å². The average Bonchev–Trinajstić information content (AvgIpc) is 2.97. The van der Waals surface area contributed by atoms with E-state index >= 15 is 0 Å². The van der Waals surface area contributed by atoms with Crippen molar-refractivity contribution in [2.24, 2.45) is 5.73 Å². The number of benzene rings is 1. The first kappa shape index (κ1) is 12.5. The lowest BCUT2D eigenvalue weighted by Gasteiger charge is -1.97. The Morgan fingerprint density at radius 3 is 2.75 bits per heavy atom. The molecule has 100 valence electrons. The zero-order chi connectivity index (χ0) is 13.8. The van der Waals surface area contributed by atoms with E-state index in [-0.39, 0.29) is 0 Å². The van der Waals surface area contributed by atoms with Gasteiger partial charge in [0.05, 0.1) is 5.69 Å². The largest absolute Gasteiger partial charge is 0.334 e. The maximum absolute atomic E-state index is 5.58. The van der Waals surface area contributed by atoms with Crippen LogP contribution < -0.4 is 5.73 Å². The molecule has 0 fully saturated rings. The summed E-state index contributed by atoms with van der Waals surface area (Å²) in [6.45, 7) is 0.388. The number of nitrogens with zero attached hydrogens (tertiary/aromatic N) is 3. The Bertz CT molecular complexity index is 694. The van der Waals surface area contributed by atoms with Gasteiger partial charge >= 0.3 is 0 Å². The highest BCUT2D eigenvalue weighted by molar-refractivity contribution is 5.52. The van der Waals surface area contributed by atoms with E-state index in [1.165, 1.54) is 0 Å². The van der Waals surface area contributed by atoms with Gasteiger partial charge in [0.1, 0.15) is 0 Å². The topological polar surface area (TPSA) is 77.8 Å². The highest BCUT2D eigenvalue weighted by Crippen LogP contribution is 2.18. The first-order valence-electron chi connectivity index (χ1n) is 6.37. The van der Waals surface area contributed by atoms with E-state index in [0.29, 0.717) is 24.7 Å². The summed E-state index contributed by atoms with van der Waals surface area (Å²) in [5, 5.41) is 4.01. The fraction of sp³-hybridized carbons (Fsp3) is 0.133. The quantitative estimate of drug-likeness (QED) is 0.783. The first-order valence-corrected chi connectivity index (χ1v) is 6.37. The summed E-state index contributed by atoms with van der Waals surface area (Å²) in [7, 11) is 0. The minimum Gasteiger partial charge on any atom is -0.334 e. The number of hydrogen-bond donors (Lipinski definition) is 1. The van der Waals surface area contributed by atoms with Crippen LogP contribution in [-0.2, 0) is 13.0 Å². The van der Waals surface area contributed by atoms with Gasteiger partial charge in [0.2, 0.25) is 0 Å². The summed E-state index contributed by atoms with van der Waals surface area (Å²) in [6.07, 6.45) is 2.35. The molecule has 0 atom stereocenters. The molecule has 0 spiro atoms. The number of rotatable bonds is 4. The van der Waals surface area contributed by atoms with Crippen LogP contribution in [0.4, 0.5) is 0 Å². The Labute approximate surface area is 116 Å². The Balaban J connectivity index is 1.83. The van der Waals surface area contributed by atoms with E-state index in [2.05, 4.69) is 15.1 Å². The van der Waals surface area contributed by atoms with Crippen molar-refractivity contribution in [3.05, 3.63) is 65.7 Å². The van der Waals surface area contributed by atoms with Gasteiger partial charge in [-0.25, -0.2) is 0 Å². The van der Waals surface area contributed by atoms with Gasteiger partial charge in [-0.3, -0.25) is 4.98 Å². The molecular formula is C15H14N4O. The standard InChI is InChI=1S/C15H14N4O/c16-10-13-9-12(6-7-17-13)15-18-14(19-20-15)8-11-4-2-1-3-5-11/h1-7,9H,8,10,16H2. The number of pyridine rings is 1. The molecule has 2 heterocycles. The zero-order valence-corrected chi connectivity index (χ0v) is 10.9. The highest BCUT2D eigenvalue weighted by Gasteiger charge is 2.09. The molecule has 5 heteroatoms. The van der Waals surface area contributed by atoms with Crippen molar-refractivity contribution in [2.45, 2.75) is 13.0 Å². The first-order chi connectivity index (χ1) is 9.85. The van der Waals surface area contributed by atoms with Gasteiger partial charge in [-0.05, 0) is 17.7 Å². The zero-order valence-electron chi connectivity index (χ0n) is 10.9. The van der Waals surface area contributed by atoms with E-state index < -0.39 is 0 Å². The van der Waals surface area contributed by atoms with Gasteiger partial charge in [-0.1, -0.05) is 35.5 Å². The van der Waals surface area contributed by atoms with E-state index in [1.807, 2.05) is 42.5 Å². The summed E-state index contributed by atoms with van der Waals surface area (Å²) < 4.78 is 5.29. The molecule has 0 radical (unpaired) electrons. The molecule has 5 nitrogen and oxygen atoms in total. The van der Waals surface area contributed by atoms with Crippen LogP contribution in [0.5, 0.6) is 0 Å². The van der Waals surface area contributed by atoms with Crippen molar-refractivity contribution in [3.8, 4) is 11.5 Å². The Morgan fingerprint density at radius 1 is 1.10 bits per heavy atom. The fourth-order valence-electron chi connectivity index (χ4n) is 1.94. The van der Waals surface area contributed by atoms with Crippen LogP contribution in [-0.4, -0.2) is 15.1 Å². The van der Waals surface area contributed by atoms with Gasteiger partial charge in [-0.2, -0.15) is 4.98 Å². The SMILES string of the molecule is NCc1cc(-c2nc(Cc3ccccc3)no2)ccn1. The van der Waals surface area contributed by atoms with Gasteiger partial charge in [-0.15, -0.1) is 0 Å². The third kappa shape index (κ3) is 2.73. The molecule has 2 aromatic heterocycles. The maximum Gasteiger partial charge on any atom is 0.258 e. The molecule has 1 aromatic carbocycles. The maximum atomic E-state index is 5.58. The molecular weight excluding hydrogens is 252 g/mol. The second-order valence-electron chi connectivity index (χ2n) is 4.42. The molecule has 0 aliphatic carbocycles. The predicted octanol–water partition coefficient (Wildman–Crippen LogP) is 2.18. The summed E-state index contributed by atoms with van der Waals surface area (Å²) >= 11 is 0. The molecule has 2 N–H and O–H groups in total. The summed E-state index contributed by atoms with van der Waals surface area (Å²) in [6, 6.07) is 13.7. The minimum atomic E-state index is 0.388. The molecule has 0 aliphatic heterocycles. The molecule has 0 amide bonds. The lowest BCUT2D eigenvalue weighted by molar-refractivity contribution is 0.424. The summed E-state index contributed by atoms with van der Waals surface area (Å²) in [5.74, 6) is 1.16. The van der Waals surface area contributed by atoms with E-state index in [0.717, 1.165) is 16.8 Å². The Hall–Kier alpha value is -2.53. The van der Waals surface area contributed by atoms with Crippen LogP contribution in [0, 0.1) is 0 Å². The van der Waals surface area contributed by atoms with E-state index in [9.17, 15) is 0 Å². The molecule has 0 saturated heterocycles. The number of aromatic nitrogens is 3. The molecule has 0 aliphatic rings. The van der Waals surface area contributed by atoms with Gasteiger partial charge in [0.25, 0.3) is 5.89 Å². The lowest BCUT2D eigenvalue weighted by atomic mass is 10.1. The van der Waals surface area contributed by atoms with Crippen LogP contribution in [0.1, 0.15) is 17.1 Å². The monoisotopic (exact) mass is 266 g/mol. The second-order valence-corrected chi connectivity index (χ2v) is 4.42. The number of hydrogen-bond acceptors (Lipinski definition) is 5. The molecule has 0 unspecified atom stereocenters. The summed E-state index contributed by atoms with van der Waals surface area (Å²) in [5.41, 5.74) is 8.36. The smallest absolute Gasteiger partial charge is 0.258 e. The van der Waals surface area contributed by atoms with Crippen molar-refractivity contribution in [2.75, 3.05) is 0 Å². The van der Waals surface area contributed by atoms with Crippen LogP contribution in [0.2, 0.25) is 0 Å². The lowest BCUT2D eigenvalue weighted by Crippen LogP contribution is -1.99. The van der Waals surface area contributed by atoms with Crippen LogP contribution in [0.25, 0.3) is 11.5 Å². The fourth-order valence-corrected chi connectivity index (χ4v) is 1.94. The van der Waals surface area contributed by atoms with Gasteiger partial charge < -0.3 is 10.3 Å². The van der Waals surface area contributed by atoms with Crippen LogP contribution in [0.3, 0.4) is 0 Å². The van der Waals surface area contributed by atoms with E-state index in [1.54, 1.807) is 6.20 Å². The molecule has 3 aromatic rings. The Morgan fingerprint density at radius 2 is 1.95 bits per heavy atom. The third-order valence-electron chi connectivity index (χ3n) is 2.95. The minimum absolute atomic E-state index is 0.388. The summed E-state index contributed by atoms with van der Waals surface area (Å²) in [4.78, 5) is 8.55. The normalized spacial score (nSPS) is 10.7. The van der Waals surface area contributed by atoms with Gasteiger partial charge in [0, 0.05) is 24.7 Å². The average molecular weight is 266 g/mol. The van der Waals surface area contributed by atoms with Crippen molar-refractivity contribution in [3.63, 3.8) is 0 Å². The Kier molecular flexibility index (Phi) is 3.52. The predicted molar refractivity (Wildman–Crippen MR) is 74.7 cm³/mol. The highest BCUT2D eigenvalue weighted by atomic mass is 16.5. The van der Waals surface area contributed by atoms with Crippen LogP contribution in [0.15, 0.2) is 53.2 Å².